The van der Waals surface area contributed by atoms with Crippen molar-refractivity contribution in [3.8, 4) is 0 Å². The van der Waals surface area contributed by atoms with Crippen LogP contribution < -0.4 is 0 Å². The Hall–Kier alpha value is -0.170. The third kappa shape index (κ3) is 4.90. The van der Waals surface area contributed by atoms with E-state index in [0.29, 0.717) is 0 Å². The number of likely N-dealkylation sites (N-methyl/N-ethyl adjacent to an activating group) is 1. The zero-order chi connectivity index (χ0) is 11.4. The van der Waals surface area contributed by atoms with Crippen LogP contribution in [0.2, 0.25) is 0 Å². The Morgan fingerprint density at radius 2 is 1.71 bits per heavy atom. The van der Waals surface area contributed by atoms with Crippen LogP contribution in [0.3, 0.4) is 0 Å². The van der Waals surface area contributed by atoms with E-state index in [2.05, 4.69) is 9.08 Å². The molecule has 0 atom stereocenters. The highest BCUT2D eigenvalue weighted by molar-refractivity contribution is 7.80. The van der Waals surface area contributed by atoms with Crippen LogP contribution in [0.4, 0.5) is 0 Å². The largest absolute Gasteiger partial charge is 0.397 e. The van der Waals surface area contributed by atoms with Crippen molar-refractivity contribution in [1.82, 2.24) is 4.90 Å². The van der Waals surface area contributed by atoms with Crippen molar-refractivity contribution in [1.29, 1.82) is 0 Å². The molecule has 0 aliphatic carbocycles. The van der Waals surface area contributed by atoms with Gasteiger partial charge in [0.05, 0.1) is 6.61 Å². The van der Waals surface area contributed by atoms with Gasteiger partial charge in [-0.05, 0) is 26.9 Å². The Bertz CT molecular complexity index is 257. The van der Waals surface area contributed by atoms with Gasteiger partial charge in [0.1, 0.15) is 0 Å². The molecule has 0 aromatic rings. The molecule has 0 spiro atoms. The van der Waals surface area contributed by atoms with E-state index >= 15 is 0 Å². The molecule has 0 fully saturated rings. The molecule has 0 aliphatic heterocycles. The van der Waals surface area contributed by atoms with Gasteiger partial charge in [0.2, 0.25) is 0 Å². The van der Waals surface area contributed by atoms with Crippen LogP contribution in [0.1, 0.15) is 27.7 Å². The molecule has 0 rings (SSSR count). The second-order valence-electron chi connectivity index (χ2n) is 3.67. The fraction of sp³-hybridized carbons (Fsp3) is 1.00. The molecule has 0 radical (unpaired) electrons. The quantitative estimate of drug-likeness (QED) is 0.681. The Kier molecular flexibility index (Phi) is 5.00. The predicted molar refractivity (Wildman–Crippen MR) is 54.5 cm³/mol. The van der Waals surface area contributed by atoms with Crippen LogP contribution >= 0.6 is 0 Å². The monoisotopic (exact) mass is 225 g/mol. The maximum absolute atomic E-state index is 10.4. The Morgan fingerprint density at radius 3 is 2.00 bits per heavy atom. The average Bonchev–Trinajstić information content (AvgIpc) is 2.02. The first-order valence-electron chi connectivity index (χ1n) is 4.60. The topological polar surface area (TPSA) is 66.8 Å². The average molecular weight is 225 g/mol. The SMILES string of the molecule is CCN(CC)C(C)(C)COS(=O)(=O)O. The highest BCUT2D eigenvalue weighted by atomic mass is 32.3. The molecule has 0 saturated carbocycles. The molecule has 0 unspecified atom stereocenters. The van der Waals surface area contributed by atoms with Gasteiger partial charge in [0, 0.05) is 5.54 Å². The first-order chi connectivity index (χ1) is 6.23. The van der Waals surface area contributed by atoms with Gasteiger partial charge in [-0.25, -0.2) is 4.18 Å². The number of hydrogen-bond donors (Lipinski definition) is 1. The Morgan fingerprint density at radius 1 is 1.29 bits per heavy atom. The highest BCUT2D eigenvalue weighted by Gasteiger charge is 2.26. The van der Waals surface area contributed by atoms with E-state index in [-0.39, 0.29) is 6.61 Å². The molecule has 0 aromatic heterocycles. The molecular formula is C8H19NO4S. The lowest BCUT2D eigenvalue weighted by Gasteiger charge is -2.36. The maximum Gasteiger partial charge on any atom is 0.397 e. The molecule has 1 N–H and O–H groups in total. The van der Waals surface area contributed by atoms with Crippen LogP contribution in [0, 0.1) is 0 Å². The van der Waals surface area contributed by atoms with Gasteiger partial charge in [0.15, 0.2) is 0 Å². The summed E-state index contributed by atoms with van der Waals surface area (Å²) in [6.07, 6.45) is 0. The van der Waals surface area contributed by atoms with E-state index in [9.17, 15) is 8.42 Å². The minimum Gasteiger partial charge on any atom is -0.296 e. The first-order valence-corrected chi connectivity index (χ1v) is 5.96. The Balaban J connectivity index is 4.32. The molecule has 0 aliphatic rings. The van der Waals surface area contributed by atoms with Gasteiger partial charge in [-0.2, -0.15) is 8.42 Å². The van der Waals surface area contributed by atoms with Crippen molar-refractivity contribution >= 4 is 10.4 Å². The summed E-state index contributed by atoms with van der Waals surface area (Å²) < 4.78 is 33.6. The minimum atomic E-state index is -4.33. The summed E-state index contributed by atoms with van der Waals surface area (Å²) in [4.78, 5) is 2.05. The second kappa shape index (κ2) is 5.06. The molecule has 6 heteroatoms. The number of hydrogen-bond acceptors (Lipinski definition) is 4. The van der Waals surface area contributed by atoms with Crippen molar-refractivity contribution in [3.05, 3.63) is 0 Å². The van der Waals surface area contributed by atoms with Crippen molar-refractivity contribution in [2.45, 2.75) is 33.2 Å². The zero-order valence-electron chi connectivity index (χ0n) is 9.15. The third-order valence-electron chi connectivity index (χ3n) is 2.18. The molecule has 5 nitrogen and oxygen atoms in total. The highest BCUT2D eigenvalue weighted by Crippen LogP contribution is 2.14. The fourth-order valence-electron chi connectivity index (χ4n) is 1.39. The van der Waals surface area contributed by atoms with E-state index in [1.54, 1.807) is 0 Å². The lowest BCUT2D eigenvalue weighted by atomic mass is 10.0. The third-order valence-corrected chi connectivity index (χ3v) is 2.60. The van der Waals surface area contributed by atoms with E-state index in [1.165, 1.54) is 0 Å². The summed E-state index contributed by atoms with van der Waals surface area (Å²) in [6, 6.07) is 0. The summed E-state index contributed by atoms with van der Waals surface area (Å²) in [6.45, 7) is 9.26. The van der Waals surface area contributed by atoms with Crippen LogP contribution in [-0.2, 0) is 14.6 Å². The molecule has 86 valence electrons. The smallest absolute Gasteiger partial charge is 0.296 e. The van der Waals surface area contributed by atoms with E-state index in [0.717, 1.165) is 13.1 Å². The first kappa shape index (κ1) is 13.8. The van der Waals surface area contributed by atoms with Gasteiger partial charge in [-0.3, -0.25) is 9.45 Å². The Labute approximate surface area is 86.0 Å². The number of rotatable bonds is 6. The van der Waals surface area contributed by atoms with E-state index < -0.39 is 15.9 Å². The van der Waals surface area contributed by atoms with Crippen molar-refractivity contribution in [2.75, 3.05) is 19.7 Å². The van der Waals surface area contributed by atoms with Gasteiger partial charge in [-0.1, -0.05) is 13.8 Å². The van der Waals surface area contributed by atoms with Crippen LogP contribution in [0.15, 0.2) is 0 Å². The molecule has 0 amide bonds. The zero-order valence-corrected chi connectivity index (χ0v) is 9.97. The van der Waals surface area contributed by atoms with Gasteiger partial charge < -0.3 is 0 Å². The summed E-state index contributed by atoms with van der Waals surface area (Å²) in [5, 5.41) is 0. The van der Waals surface area contributed by atoms with Crippen LogP contribution in [0.25, 0.3) is 0 Å². The standard InChI is InChI=1S/C8H19NO4S/c1-5-9(6-2)8(3,4)7-13-14(10,11)12/h5-7H2,1-4H3,(H,10,11,12). The van der Waals surface area contributed by atoms with E-state index in [4.69, 9.17) is 4.55 Å². The molecular weight excluding hydrogens is 206 g/mol. The predicted octanol–water partition coefficient (Wildman–Crippen LogP) is 0.926. The van der Waals surface area contributed by atoms with Crippen molar-refractivity contribution in [3.63, 3.8) is 0 Å². The molecule has 0 heterocycles. The van der Waals surface area contributed by atoms with Gasteiger partial charge in [-0.15, -0.1) is 0 Å². The molecule has 0 aromatic carbocycles. The van der Waals surface area contributed by atoms with Crippen molar-refractivity contribution < 1.29 is 17.2 Å². The number of nitrogens with zero attached hydrogens (tertiary/aromatic N) is 1. The molecule has 0 saturated heterocycles. The summed E-state index contributed by atoms with van der Waals surface area (Å²) in [5.74, 6) is 0. The minimum absolute atomic E-state index is 0.0481. The summed E-state index contributed by atoms with van der Waals surface area (Å²) in [5.41, 5.74) is -0.403. The molecule has 0 bridgehead atoms. The van der Waals surface area contributed by atoms with Crippen molar-refractivity contribution in [2.24, 2.45) is 0 Å². The molecule has 14 heavy (non-hydrogen) atoms. The summed E-state index contributed by atoms with van der Waals surface area (Å²) in [7, 11) is -4.33. The van der Waals surface area contributed by atoms with E-state index in [1.807, 2.05) is 27.7 Å². The lowest BCUT2D eigenvalue weighted by Crippen LogP contribution is -2.47. The normalized spacial score (nSPS) is 13.6. The van der Waals surface area contributed by atoms with Crippen LogP contribution in [0.5, 0.6) is 0 Å². The second-order valence-corrected chi connectivity index (χ2v) is 4.77. The lowest BCUT2D eigenvalue weighted by molar-refractivity contribution is 0.0738. The fourth-order valence-corrected chi connectivity index (χ4v) is 1.83. The van der Waals surface area contributed by atoms with Crippen LogP contribution in [-0.4, -0.2) is 43.1 Å². The van der Waals surface area contributed by atoms with Gasteiger partial charge in [0.25, 0.3) is 0 Å². The maximum atomic E-state index is 10.4. The van der Waals surface area contributed by atoms with Gasteiger partial charge >= 0.3 is 10.4 Å². The summed E-state index contributed by atoms with van der Waals surface area (Å²) >= 11 is 0.